The van der Waals surface area contributed by atoms with Crippen molar-refractivity contribution in [2.24, 2.45) is 5.73 Å². The molecule has 0 saturated carbocycles. The fourth-order valence-corrected chi connectivity index (χ4v) is 2.37. The summed E-state index contributed by atoms with van der Waals surface area (Å²) >= 11 is 11.1. The van der Waals surface area contributed by atoms with Crippen molar-refractivity contribution in [2.45, 2.75) is 19.9 Å². The van der Waals surface area contributed by atoms with Crippen LogP contribution in [-0.4, -0.2) is 4.99 Å². The predicted octanol–water partition coefficient (Wildman–Crippen LogP) is 4.46. The lowest BCUT2D eigenvalue weighted by Gasteiger charge is -2.18. The van der Waals surface area contributed by atoms with Gasteiger partial charge in [0.15, 0.2) is 0 Å². The van der Waals surface area contributed by atoms with Crippen LogP contribution in [0.4, 0.5) is 5.69 Å². The average molecular weight is 305 g/mol. The van der Waals surface area contributed by atoms with Gasteiger partial charge in [0.1, 0.15) is 4.99 Å². The molecule has 2 rings (SSSR count). The van der Waals surface area contributed by atoms with E-state index in [1.54, 1.807) is 6.07 Å². The van der Waals surface area contributed by atoms with Crippen molar-refractivity contribution >= 4 is 34.5 Å². The molecule has 0 bridgehead atoms. The summed E-state index contributed by atoms with van der Waals surface area (Å²) in [4.78, 5) is 0.361. The Labute approximate surface area is 130 Å². The minimum atomic E-state index is 0.141. The molecule has 3 N–H and O–H groups in total. The van der Waals surface area contributed by atoms with Gasteiger partial charge in [0.05, 0.1) is 0 Å². The summed E-state index contributed by atoms with van der Waals surface area (Å²) in [6.07, 6.45) is 0. The van der Waals surface area contributed by atoms with Gasteiger partial charge in [-0.1, -0.05) is 53.6 Å². The summed E-state index contributed by atoms with van der Waals surface area (Å²) in [7, 11) is 0. The zero-order chi connectivity index (χ0) is 14.7. The van der Waals surface area contributed by atoms with Crippen molar-refractivity contribution < 1.29 is 0 Å². The van der Waals surface area contributed by atoms with E-state index in [0.29, 0.717) is 10.0 Å². The summed E-state index contributed by atoms with van der Waals surface area (Å²) in [6, 6.07) is 14.0. The molecule has 0 heterocycles. The van der Waals surface area contributed by atoms with Crippen molar-refractivity contribution in [1.82, 2.24) is 0 Å². The number of hydrogen-bond donors (Lipinski definition) is 2. The van der Waals surface area contributed by atoms with Crippen LogP contribution in [0, 0.1) is 6.92 Å². The minimum Gasteiger partial charge on any atom is -0.389 e. The van der Waals surface area contributed by atoms with Gasteiger partial charge in [-0.05, 0) is 37.6 Å². The van der Waals surface area contributed by atoms with E-state index >= 15 is 0 Å². The third-order valence-electron chi connectivity index (χ3n) is 3.20. The third kappa shape index (κ3) is 3.50. The fraction of sp³-hybridized carbons (Fsp3) is 0.188. The molecule has 2 aromatic carbocycles. The van der Waals surface area contributed by atoms with Gasteiger partial charge in [-0.15, -0.1) is 0 Å². The summed E-state index contributed by atoms with van der Waals surface area (Å²) in [6.45, 7) is 4.17. The number of benzene rings is 2. The van der Waals surface area contributed by atoms with Crippen LogP contribution in [0.1, 0.15) is 29.7 Å². The molecule has 0 radical (unpaired) electrons. The summed E-state index contributed by atoms with van der Waals surface area (Å²) in [5, 5.41) is 4.07. The first-order chi connectivity index (χ1) is 9.47. The van der Waals surface area contributed by atoms with Crippen molar-refractivity contribution in [3.05, 3.63) is 64.2 Å². The van der Waals surface area contributed by atoms with Crippen molar-refractivity contribution in [3.63, 3.8) is 0 Å². The number of anilines is 1. The average Bonchev–Trinajstić information content (AvgIpc) is 2.39. The number of aryl methyl sites for hydroxylation is 1. The molecular formula is C16H17ClN2S. The van der Waals surface area contributed by atoms with E-state index in [1.165, 1.54) is 11.1 Å². The molecule has 1 unspecified atom stereocenters. The lowest BCUT2D eigenvalue weighted by molar-refractivity contribution is 0.883. The monoisotopic (exact) mass is 304 g/mol. The zero-order valence-corrected chi connectivity index (χ0v) is 13.1. The summed E-state index contributed by atoms with van der Waals surface area (Å²) in [5.41, 5.74) is 9.86. The zero-order valence-electron chi connectivity index (χ0n) is 11.5. The van der Waals surface area contributed by atoms with Crippen LogP contribution >= 0.6 is 23.8 Å². The van der Waals surface area contributed by atoms with Crippen LogP contribution in [0.25, 0.3) is 0 Å². The maximum absolute atomic E-state index is 6.05. The normalized spacial score (nSPS) is 11.9. The van der Waals surface area contributed by atoms with Gasteiger partial charge in [0.25, 0.3) is 0 Å². The summed E-state index contributed by atoms with van der Waals surface area (Å²) in [5.74, 6) is 0. The lowest BCUT2D eigenvalue weighted by Crippen LogP contribution is -2.15. The van der Waals surface area contributed by atoms with E-state index < -0.39 is 0 Å². The highest BCUT2D eigenvalue weighted by atomic mass is 35.5. The number of nitrogens with two attached hydrogens (primary N) is 1. The number of hydrogen-bond acceptors (Lipinski definition) is 2. The highest BCUT2D eigenvalue weighted by molar-refractivity contribution is 7.80. The molecule has 1 atom stereocenters. The number of rotatable bonds is 4. The van der Waals surface area contributed by atoms with E-state index in [1.807, 2.05) is 12.1 Å². The first-order valence-electron chi connectivity index (χ1n) is 6.40. The first-order valence-corrected chi connectivity index (χ1v) is 7.18. The van der Waals surface area contributed by atoms with Gasteiger partial charge in [0, 0.05) is 22.3 Å². The van der Waals surface area contributed by atoms with Gasteiger partial charge >= 0.3 is 0 Å². The molecule has 0 amide bonds. The molecule has 0 saturated heterocycles. The predicted molar refractivity (Wildman–Crippen MR) is 90.6 cm³/mol. The van der Waals surface area contributed by atoms with E-state index in [4.69, 9.17) is 29.6 Å². The largest absolute Gasteiger partial charge is 0.389 e. The molecule has 2 aromatic rings. The highest BCUT2D eigenvalue weighted by Gasteiger charge is 2.10. The maximum Gasteiger partial charge on any atom is 0.106 e. The van der Waals surface area contributed by atoms with Crippen LogP contribution in [0.15, 0.2) is 42.5 Å². The summed E-state index contributed by atoms with van der Waals surface area (Å²) < 4.78 is 0. The van der Waals surface area contributed by atoms with Crippen LogP contribution in [0.3, 0.4) is 0 Å². The van der Waals surface area contributed by atoms with E-state index in [-0.39, 0.29) is 6.04 Å². The van der Waals surface area contributed by atoms with E-state index in [9.17, 15) is 0 Å². The molecule has 0 aliphatic rings. The van der Waals surface area contributed by atoms with Crippen LogP contribution in [0.2, 0.25) is 5.02 Å². The Hall–Kier alpha value is -1.58. The van der Waals surface area contributed by atoms with Crippen LogP contribution in [-0.2, 0) is 0 Å². The van der Waals surface area contributed by atoms with E-state index in [0.717, 1.165) is 11.3 Å². The Balaban J connectivity index is 2.27. The van der Waals surface area contributed by atoms with Gasteiger partial charge in [-0.2, -0.15) is 0 Å². The second kappa shape index (κ2) is 6.25. The molecular weight excluding hydrogens is 288 g/mol. The minimum absolute atomic E-state index is 0.141. The Morgan fingerprint density at radius 2 is 1.85 bits per heavy atom. The number of halogens is 1. The Morgan fingerprint density at radius 3 is 2.45 bits per heavy atom. The molecule has 104 valence electrons. The Morgan fingerprint density at radius 1 is 1.20 bits per heavy atom. The Kier molecular flexibility index (Phi) is 4.63. The van der Waals surface area contributed by atoms with Crippen molar-refractivity contribution in [3.8, 4) is 0 Å². The van der Waals surface area contributed by atoms with Crippen molar-refractivity contribution in [2.75, 3.05) is 5.32 Å². The molecule has 4 heteroatoms. The fourth-order valence-electron chi connectivity index (χ4n) is 2.02. The number of thiocarbonyl (C=S) groups is 1. The standard InChI is InChI=1S/C16H17ClN2S/c1-10-3-5-12(6-4-10)11(2)19-15-9-13(17)7-8-14(15)16(18)20/h3-9,11,19H,1-2H3,(H2,18,20). The molecule has 0 aromatic heterocycles. The highest BCUT2D eigenvalue weighted by Crippen LogP contribution is 2.26. The smallest absolute Gasteiger partial charge is 0.106 e. The SMILES string of the molecule is Cc1ccc(C(C)Nc2cc(Cl)ccc2C(N)=S)cc1. The topological polar surface area (TPSA) is 38.0 Å². The quantitative estimate of drug-likeness (QED) is 0.819. The second-order valence-corrected chi connectivity index (χ2v) is 5.71. The van der Waals surface area contributed by atoms with Crippen LogP contribution < -0.4 is 11.1 Å². The van der Waals surface area contributed by atoms with E-state index in [2.05, 4.69) is 43.4 Å². The molecule has 2 nitrogen and oxygen atoms in total. The Bertz CT molecular complexity index is 623. The third-order valence-corrected chi connectivity index (χ3v) is 3.65. The van der Waals surface area contributed by atoms with Crippen molar-refractivity contribution in [1.29, 1.82) is 0 Å². The van der Waals surface area contributed by atoms with Gasteiger partial charge in [0.2, 0.25) is 0 Å². The molecule has 0 aliphatic heterocycles. The van der Waals surface area contributed by atoms with Gasteiger partial charge < -0.3 is 11.1 Å². The number of nitrogens with one attached hydrogen (secondary N) is 1. The molecule has 20 heavy (non-hydrogen) atoms. The van der Waals surface area contributed by atoms with Crippen LogP contribution in [0.5, 0.6) is 0 Å². The second-order valence-electron chi connectivity index (χ2n) is 4.83. The molecule has 0 aliphatic carbocycles. The van der Waals surface area contributed by atoms with Gasteiger partial charge in [-0.25, -0.2) is 0 Å². The maximum atomic E-state index is 6.05. The van der Waals surface area contributed by atoms with Gasteiger partial charge in [-0.3, -0.25) is 0 Å². The molecule has 0 spiro atoms. The first kappa shape index (κ1) is 14.8. The molecule has 0 fully saturated rings. The lowest BCUT2D eigenvalue weighted by atomic mass is 10.1.